The molecule has 7 aromatic rings. The van der Waals surface area contributed by atoms with E-state index in [1.54, 1.807) is 0 Å². The number of para-hydroxylation sites is 1. The molecule has 0 N–H and O–H groups in total. The largest absolute Gasteiger partial charge is 0.456 e. The minimum atomic E-state index is -0.499. The van der Waals surface area contributed by atoms with E-state index in [-0.39, 0.29) is 5.41 Å². The molecule has 0 radical (unpaired) electrons. The summed E-state index contributed by atoms with van der Waals surface area (Å²) in [5, 5.41) is 2.35. The number of benzene rings is 7. The van der Waals surface area contributed by atoms with Gasteiger partial charge in [-0.05, 0) is 79.2 Å². The highest BCUT2D eigenvalue weighted by molar-refractivity contribution is 6.04. The first-order chi connectivity index (χ1) is 22.1. The summed E-state index contributed by atoms with van der Waals surface area (Å²) >= 11 is 0. The van der Waals surface area contributed by atoms with E-state index in [2.05, 4.69) is 159 Å². The fraction of sp³-hybridized carbons (Fsp3) is 0.0909. The maximum absolute atomic E-state index is 6.95. The Balaban J connectivity index is 1.33. The Hall–Kier alpha value is -5.40. The van der Waals surface area contributed by atoms with Crippen molar-refractivity contribution in [3.05, 3.63) is 179 Å². The van der Waals surface area contributed by atoms with Crippen LogP contribution in [0.3, 0.4) is 0 Å². The summed E-state index contributed by atoms with van der Waals surface area (Å²) in [4.78, 5) is 0. The predicted octanol–water partition coefficient (Wildman–Crippen LogP) is 11.3. The van der Waals surface area contributed by atoms with Crippen molar-refractivity contribution in [2.24, 2.45) is 0 Å². The summed E-state index contributed by atoms with van der Waals surface area (Å²) in [6, 6.07) is 53.8. The van der Waals surface area contributed by atoms with Gasteiger partial charge in [0.15, 0.2) is 0 Å². The zero-order chi connectivity index (χ0) is 29.9. The van der Waals surface area contributed by atoms with Crippen LogP contribution in [0.1, 0.15) is 47.2 Å². The highest BCUT2D eigenvalue weighted by Crippen LogP contribution is 2.63. The Morgan fingerprint density at radius 1 is 0.400 bits per heavy atom. The van der Waals surface area contributed by atoms with Crippen LogP contribution in [0.25, 0.3) is 44.2 Å². The lowest BCUT2D eigenvalue weighted by molar-refractivity contribution is 0.442. The zero-order valence-corrected chi connectivity index (χ0v) is 25.3. The summed E-state index contributed by atoms with van der Waals surface area (Å²) in [5.74, 6) is 1.87. The molecule has 212 valence electrons. The van der Waals surface area contributed by atoms with Gasteiger partial charge in [-0.15, -0.1) is 0 Å². The van der Waals surface area contributed by atoms with Gasteiger partial charge in [0.05, 0.1) is 5.41 Å². The first-order valence-corrected chi connectivity index (χ1v) is 15.9. The molecule has 45 heavy (non-hydrogen) atoms. The normalized spacial score (nSPS) is 15.4. The van der Waals surface area contributed by atoms with E-state index in [1.807, 2.05) is 0 Å². The maximum atomic E-state index is 6.95. The fourth-order valence-electron chi connectivity index (χ4n) is 8.80. The van der Waals surface area contributed by atoms with Crippen LogP contribution in [0.4, 0.5) is 0 Å². The maximum Gasteiger partial charge on any atom is 0.140 e. The van der Waals surface area contributed by atoms with E-state index in [4.69, 9.17) is 4.74 Å². The first-order valence-electron chi connectivity index (χ1n) is 15.9. The summed E-state index contributed by atoms with van der Waals surface area (Å²) in [5.41, 5.74) is 15.0. The van der Waals surface area contributed by atoms with E-state index < -0.39 is 5.41 Å². The number of ether oxygens (including phenoxy) is 1. The van der Waals surface area contributed by atoms with Crippen LogP contribution >= 0.6 is 0 Å². The molecule has 2 aliphatic carbocycles. The first kappa shape index (κ1) is 25.0. The topological polar surface area (TPSA) is 9.23 Å². The van der Waals surface area contributed by atoms with Crippen molar-refractivity contribution in [3.63, 3.8) is 0 Å². The molecule has 0 atom stereocenters. The number of fused-ring (bicyclic) bond motifs is 14. The average Bonchev–Trinajstić information content (AvgIpc) is 3.51. The van der Waals surface area contributed by atoms with E-state index in [9.17, 15) is 0 Å². The standard InChI is InChI=1S/C44H30O/c1-43(2)35-18-8-5-16-31(35)34-25-27(23-24-36(34)43)33-26-40-42(32-17-4-3-13-28(32)33)45-41-22-12-11-21-39(41)44(40)37-19-9-6-14-29(37)30-15-7-10-20-38(30)44/h3-26H,1-2H3. The second-order valence-corrected chi connectivity index (χ2v) is 13.2. The number of hydrogen-bond donors (Lipinski definition) is 0. The van der Waals surface area contributed by atoms with Crippen molar-refractivity contribution < 1.29 is 4.74 Å². The number of rotatable bonds is 1. The highest BCUT2D eigenvalue weighted by atomic mass is 16.5. The molecule has 0 saturated carbocycles. The van der Waals surface area contributed by atoms with Gasteiger partial charge in [-0.3, -0.25) is 0 Å². The molecule has 1 spiro atoms. The van der Waals surface area contributed by atoms with Gasteiger partial charge in [0.1, 0.15) is 11.5 Å². The second kappa shape index (κ2) is 8.61. The molecule has 1 nitrogen and oxygen atoms in total. The zero-order valence-electron chi connectivity index (χ0n) is 25.3. The molecule has 0 bridgehead atoms. The van der Waals surface area contributed by atoms with E-state index in [0.717, 1.165) is 16.9 Å². The van der Waals surface area contributed by atoms with Crippen LogP contribution in [0, 0.1) is 0 Å². The molecular formula is C44H30O. The molecule has 1 heterocycles. The minimum Gasteiger partial charge on any atom is -0.456 e. The van der Waals surface area contributed by atoms with Gasteiger partial charge >= 0.3 is 0 Å². The molecule has 0 fully saturated rings. The van der Waals surface area contributed by atoms with E-state index in [0.29, 0.717) is 0 Å². The van der Waals surface area contributed by atoms with Gasteiger partial charge in [-0.25, -0.2) is 0 Å². The molecule has 0 aromatic heterocycles. The molecule has 1 heteroatoms. The second-order valence-electron chi connectivity index (χ2n) is 13.2. The predicted molar refractivity (Wildman–Crippen MR) is 184 cm³/mol. The van der Waals surface area contributed by atoms with Gasteiger partial charge in [-0.2, -0.15) is 0 Å². The number of hydrogen-bond acceptors (Lipinski definition) is 1. The van der Waals surface area contributed by atoms with Crippen molar-refractivity contribution in [3.8, 4) is 44.9 Å². The third kappa shape index (κ3) is 3.03. The lowest BCUT2D eigenvalue weighted by Crippen LogP contribution is -2.32. The van der Waals surface area contributed by atoms with Crippen molar-refractivity contribution in [1.82, 2.24) is 0 Å². The van der Waals surface area contributed by atoms with Gasteiger partial charge in [0.25, 0.3) is 0 Å². The van der Waals surface area contributed by atoms with Gasteiger partial charge in [0.2, 0.25) is 0 Å². The molecule has 0 amide bonds. The highest BCUT2D eigenvalue weighted by Gasteiger charge is 2.51. The van der Waals surface area contributed by atoms with Crippen molar-refractivity contribution >= 4 is 10.8 Å². The lowest BCUT2D eigenvalue weighted by Gasteiger charge is -2.40. The third-order valence-corrected chi connectivity index (χ3v) is 10.7. The summed E-state index contributed by atoms with van der Waals surface area (Å²) in [6.45, 7) is 4.69. The van der Waals surface area contributed by atoms with Crippen LogP contribution in [-0.4, -0.2) is 0 Å². The fourth-order valence-corrected chi connectivity index (χ4v) is 8.80. The van der Waals surface area contributed by atoms with Gasteiger partial charge in [0, 0.05) is 21.9 Å². The Kier molecular flexibility index (Phi) is 4.78. The average molecular weight is 575 g/mol. The summed E-state index contributed by atoms with van der Waals surface area (Å²) in [7, 11) is 0. The smallest absolute Gasteiger partial charge is 0.140 e. The minimum absolute atomic E-state index is 0.0265. The van der Waals surface area contributed by atoms with Gasteiger partial charge < -0.3 is 4.74 Å². The Labute approximate surface area is 263 Å². The Bertz CT molecular complexity index is 2340. The van der Waals surface area contributed by atoms with Crippen molar-refractivity contribution in [2.45, 2.75) is 24.7 Å². The molecule has 1 aliphatic heterocycles. The van der Waals surface area contributed by atoms with Gasteiger partial charge in [-0.1, -0.05) is 141 Å². The Morgan fingerprint density at radius 2 is 0.933 bits per heavy atom. The van der Waals surface area contributed by atoms with Crippen LogP contribution in [0.15, 0.2) is 146 Å². The van der Waals surface area contributed by atoms with Crippen LogP contribution < -0.4 is 4.74 Å². The van der Waals surface area contributed by atoms with Crippen LogP contribution in [0.2, 0.25) is 0 Å². The monoisotopic (exact) mass is 574 g/mol. The summed E-state index contributed by atoms with van der Waals surface area (Å²) in [6.07, 6.45) is 0. The molecule has 0 unspecified atom stereocenters. The molecule has 7 aromatic carbocycles. The Morgan fingerprint density at radius 3 is 1.64 bits per heavy atom. The molecular weight excluding hydrogens is 544 g/mol. The van der Waals surface area contributed by atoms with Crippen molar-refractivity contribution in [1.29, 1.82) is 0 Å². The molecule has 0 saturated heterocycles. The quantitative estimate of drug-likeness (QED) is 0.189. The van der Waals surface area contributed by atoms with Crippen molar-refractivity contribution in [2.75, 3.05) is 0 Å². The molecule has 3 aliphatic rings. The van der Waals surface area contributed by atoms with Crippen LogP contribution in [-0.2, 0) is 10.8 Å². The van der Waals surface area contributed by atoms with E-state index >= 15 is 0 Å². The SMILES string of the molecule is CC1(C)c2ccccc2-c2cc(-c3cc4c(c5ccccc35)Oc3ccccc3C43c4ccccc4-c4ccccc43)ccc21. The lowest BCUT2D eigenvalue weighted by atomic mass is 9.65. The summed E-state index contributed by atoms with van der Waals surface area (Å²) < 4.78 is 6.95. The van der Waals surface area contributed by atoms with E-state index in [1.165, 1.54) is 72.1 Å². The molecule has 10 rings (SSSR count). The third-order valence-electron chi connectivity index (χ3n) is 10.7. The van der Waals surface area contributed by atoms with Crippen LogP contribution in [0.5, 0.6) is 11.5 Å².